The van der Waals surface area contributed by atoms with E-state index in [9.17, 15) is 0 Å². The van der Waals surface area contributed by atoms with Crippen LogP contribution >= 0.6 is 0 Å². The van der Waals surface area contributed by atoms with Gasteiger partial charge < -0.3 is 10.6 Å². The SMILES string of the molecule is CNC(C)(C)CNCC(C)(C)C(C)(C)C. The summed E-state index contributed by atoms with van der Waals surface area (Å²) >= 11 is 0. The first-order chi connectivity index (χ1) is 6.52. The predicted molar refractivity (Wildman–Crippen MR) is 69.2 cm³/mol. The molecule has 0 rings (SSSR count). The molecule has 92 valence electrons. The second kappa shape index (κ2) is 4.84. The van der Waals surface area contributed by atoms with Crippen LogP contribution in [-0.4, -0.2) is 25.7 Å². The molecule has 0 aromatic carbocycles. The Morgan fingerprint density at radius 3 is 1.60 bits per heavy atom. The summed E-state index contributed by atoms with van der Waals surface area (Å²) in [6, 6.07) is 0. The van der Waals surface area contributed by atoms with Crippen molar-refractivity contribution in [2.24, 2.45) is 10.8 Å². The van der Waals surface area contributed by atoms with Crippen molar-refractivity contribution in [1.29, 1.82) is 0 Å². The third kappa shape index (κ3) is 4.98. The molecule has 2 heteroatoms. The van der Waals surface area contributed by atoms with Crippen molar-refractivity contribution in [3.8, 4) is 0 Å². The Morgan fingerprint density at radius 1 is 0.800 bits per heavy atom. The van der Waals surface area contributed by atoms with Crippen molar-refractivity contribution in [1.82, 2.24) is 10.6 Å². The normalized spacial score (nSPS) is 14.4. The third-order valence-electron chi connectivity index (χ3n) is 3.84. The number of hydrogen-bond donors (Lipinski definition) is 2. The van der Waals surface area contributed by atoms with Crippen LogP contribution in [0.5, 0.6) is 0 Å². The molecular formula is C13H30N2. The van der Waals surface area contributed by atoms with E-state index >= 15 is 0 Å². The van der Waals surface area contributed by atoms with E-state index in [2.05, 4.69) is 59.1 Å². The quantitative estimate of drug-likeness (QED) is 0.735. The largest absolute Gasteiger partial charge is 0.314 e. The molecule has 0 unspecified atom stereocenters. The van der Waals surface area contributed by atoms with Gasteiger partial charge in [0, 0.05) is 18.6 Å². The van der Waals surface area contributed by atoms with Gasteiger partial charge in [0.25, 0.3) is 0 Å². The highest BCUT2D eigenvalue weighted by Crippen LogP contribution is 2.36. The zero-order valence-electron chi connectivity index (χ0n) is 11.9. The van der Waals surface area contributed by atoms with Crippen LogP contribution in [0.15, 0.2) is 0 Å². The molecule has 0 amide bonds. The fourth-order valence-electron chi connectivity index (χ4n) is 1.04. The van der Waals surface area contributed by atoms with Gasteiger partial charge in [-0.1, -0.05) is 34.6 Å². The molecule has 0 radical (unpaired) electrons. The van der Waals surface area contributed by atoms with E-state index in [-0.39, 0.29) is 5.54 Å². The zero-order valence-corrected chi connectivity index (χ0v) is 11.9. The molecule has 0 aliphatic rings. The van der Waals surface area contributed by atoms with E-state index in [0.717, 1.165) is 13.1 Å². The molecule has 0 saturated carbocycles. The van der Waals surface area contributed by atoms with Crippen LogP contribution in [0.4, 0.5) is 0 Å². The van der Waals surface area contributed by atoms with Crippen molar-refractivity contribution in [3.63, 3.8) is 0 Å². The fraction of sp³-hybridized carbons (Fsp3) is 1.00. The van der Waals surface area contributed by atoms with Gasteiger partial charge in [-0.05, 0) is 31.7 Å². The minimum absolute atomic E-state index is 0.175. The van der Waals surface area contributed by atoms with Crippen LogP contribution in [0.2, 0.25) is 0 Å². The molecule has 15 heavy (non-hydrogen) atoms. The molecule has 0 aromatic heterocycles. The lowest BCUT2D eigenvalue weighted by atomic mass is 9.69. The lowest BCUT2D eigenvalue weighted by Gasteiger charge is -2.40. The van der Waals surface area contributed by atoms with Gasteiger partial charge in [0.1, 0.15) is 0 Å². The van der Waals surface area contributed by atoms with Crippen LogP contribution in [0.1, 0.15) is 48.5 Å². The first-order valence-corrected chi connectivity index (χ1v) is 5.91. The Balaban J connectivity index is 4.07. The number of nitrogens with one attached hydrogen (secondary N) is 2. The van der Waals surface area contributed by atoms with Gasteiger partial charge in [-0.2, -0.15) is 0 Å². The molecule has 0 atom stereocenters. The van der Waals surface area contributed by atoms with Crippen molar-refractivity contribution in [3.05, 3.63) is 0 Å². The van der Waals surface area contributed by atoms with Crippen molar-refractivity contribution >= 4 is 0 Å². The maximum absolute atomic E-state index is 3.56. The minimum atomic E-state index is 0.175. The van der Waals surface area contributed by atoms with E-state index < -0.39 is 0 Å². The van der Waals surface area contributed by atoms with Crippen molar-refractivity contribution in [2.45, 2.75) is 54.0 Å². The number of likely N-dealkylation sites (N-methyl/N-ethyl adjacent to an activating group) is 1. The first kappa shape index (κ1) is 14.9. The Labute approximate surface area is 96.2 Å². The summed E-state index contributed by atoms with van der Waals surface area (Å²) in [6.07, 6.45) is 0. The molecule has 0 aliphatic heterocycles. The van der Waals surface area contributed by atoms with Gasteiger partial charge in [-0.25, -0.2) is 0 Å². The van der Waals surface area contributed by atoms with Gasteiger partial charge in [-0.3, -0.25) is 0 Å². The average Bonchev–Trinajstić information content (AvgIpc) is 2.01. The Kier molecular flexibility index (Phi) is 4.81. The first-order valence-electron chi connectivity index (χ1n) is 5.91. The highest BCUT2D eigenvalue weighted by atomic mass is 15.0. The standard InChI is InChI=1S/C13H30N2/c1-11(2,3)12(4,5)9-15-10-13(6,7)14-8/h14-15H,9-10H2,1-8H3. The van der Waals surface area contributed by atoms with Crippen LogP contribution in [-0.2, 0) is 0 Å². The summed E-state index contributed by atoms with van der Waals surface area (Å²) in [5.74, 6) is 0. The highest BCUT2D eigenvalue weighted by Gasteiger charge is 2.32. The van der Waals surface area contributed by atoms with Crippen LogP contribution in [0.3, 0.4) is 0 Å². The van der Waals surface area contributed by atoms with Gasteiger partial charge in [-0.15, -0.1) is 0 Å². The van der Waals surface area contributed by atoms with E-state index in [1.807, 2.05) is 7.05 Å². The van der Waals surface area contributed by atoms with Crippen LogP contribution in [0, 0.1) is 10.8 Å². The molecule has 0 aliphatic carbocycles. The van der Waals surface area contributed by atoms with E-state index in [4.69, 9.17) is 0 Å². The van der Waals surface area contributed by atoms with Crippen molar-refractivity contribution < 1.29 is 0 Å². The molecule has 0 saturated heterocycles. The van der Waals surface area contributed by atoms with E-state index in [0.29, 0.717) is 10.8 Å². The van der Waals surface area contributed by atoms with Crippen LogP contribution in [0.25, 0.3) is 0 Å². The van der Waals surface area contributed by atoms with Gasteiger partial charge in [0.15, 0.2) is 0 Å². The van der Waals surface area contributed by atoms with Gasteiger partial charge in [0.2, 0.25) is 0 Å². The van der Waals surface area contributed by atoms with Crippen molar-refractivity contribution in [2.75, 3.05) is 20.1 Å². The Morgan fingerprint density at radius 2 is 1.27 bits per heavy atom. The molecule has 0 aromatic rings. The molecule has 0 bridgehead atoms. The number of hydrogen-bond acceptors (Lipinski definition) is 2. The van der Waals surface area contributed by atoms with E-state index in [1.165, 1.54) is 0 Å². The molecule has 2 nitrogen and oxygen atoms in total. The molecular weight excluding hydrogens is 184 g/mol. The number of rotatable bonds is 5. The summed E-state index contributed by atoms with van der Waals surface area (Å²) < 4.78 is 0. The lowest BCUT2D eigenvalue weighted by Crippen LogP contribution is -2.49. The smallest absolute Gasteiger partial charge is 0.0246 e. The summed E-state index contributed by atoms with van der Waals surface area (Å²) in [7, 11) is 2.01. The van der Waals surface area contributed by atoms with Crippen LogP contribution < -0.4 is 10.6 Å². The Bertz CT molecular complexity index is 187. The highest BCUT2D eigenvalue weighted by molar-refractivity contribution is 4.86. The fourth-order valence-corrected chi connectivity index (χ4v) is 1.04. The predicted octanol–water partition coefficient (Wildman–Crippen LogP) is 2.65. The van der Waals surface area contributed by atoms with Gasteiger partial charge in [0.05, 0.1) is 0 Å². The topological polar surface area (TPSA) is 24.1 Å². The molecule has 0 spiro atoms. The Hall–Kier alpha value is -0.0800. The second-order valence-corrected chi connectivity index (χ2v) is 6.87. The summed E-state index contributed by atoms with van der Waals surface area (Å²) in [4.78, 5) is 0. The minimum Gasteiger partial charge on any atom is -0.314 e. The summed E-state index contributed by atoms with van der Waals surface area (Å²) in [5, 5.41) is 6.86. The average molecular weight is 214 g/mol. The lowest BCUT2D eigenvalue weighted by molar-refractivity contribution is 0.126. The van der Waals surface area contributed by atoms with Gasteiger partial charge >= 0.3 is 0 Å². The maximum atomic E-state index is 3.56. The maximum Gasteiger partial charge on any atom is 0.0246 e. The third-order valence-corrected chi connectivity index (χ3v) is 3.84. The monoisotopic (exact) mass is 214 g/mol. The second-order valence-electron chi connectivity index (χ2n) is 6.87. The summed E-state index contributed by atoms with van der Waals surface area (Å²) in [6.45, 7) is 18.0. The summed E-state index contributed by atoms with van der Waals surface area (Å²) in [5.41, 5.74) is 0.828. The molecule has 0 fully saturated rings. The molecule has 2 N–H and O–H groups in total. The zero-order chi connectivity index (χ0) is 12.3. The molecule has 0 heterocycles. The van der Waals surface area contributed by atoms with E-state index in [1.54, 1.807) is 0 Å².